The summed E-state index contributed by atoms with van der Waals surface area (Å²) in [5.74, 6) is 1.40. The van der Waals surface area contributed by atoms with Crippen molar-refractivity contribution >= 4 is 11.6 Å². The Labute approximate surface area is 140 Å². The summed E-state index contributed by atoms with van der Waals surface area (Å²) in [5.41, 5.74) is 0.803. The number of nitrogens with zero attached hydrogens (tertiary/aromatic N) is 3. The number of ether oxygens (including phenoxy) is 1. The van der Waals surface area contributed by atoms with Gasteiger partial charge in [0, 0.05) is 19.2 Å². The second kappa shape index (κ2) is 7.59. The number of fused-ring (bicyclic) bond motifs is 1. The molecule has 0 saturated heterocycles. The zero-order chi connectivity index (χ0) is 16.8. The molecule has 3 rings (SSSR count). The predicted molar refractivity (Wildman–Crippen MR) is 90.8 cm³/mol. The SMILES string of the molecule is CC[C@@H](Oc1ccccc1)C(=O)NCCc1nnc2ccccn12. The molecule has 1 atom stereocenters. The van der Waals surface area contributed by atoms with E-state index in [2.05, 4.69) is 15.5 Å². The number of rotatable bonds is 7. The van der Waals surface area contributed by atoms with Crippen LogP contribution in [0.25, 0.3) is 5.65 Å². The summed E-state index contributed by atoms with van der Waals surface area (Å²) >= 11 is 0. The van der Waals surface area contributed by atoms with E-state index < -0.39 is 6.10 Å². The Bertz CT molecular complexity index is 801. The van der Waals surface area contributed by atoms with E-state index in [4.69, 9.17) is 4.74 Å². The van der Waals surface area contributed by atoms with Crippen LogP contribution in [0.4, 0.5) is 0 Å². The molecule has 2 aromatic heterocycles. The summed E-state index contributed by atoms with van der Waals surface area (Å²) in [6, 6.07) is 15.1. The lowest BCUT2D eigenvalue weighted by Crippen LogP contribution is -2.39. The van der Waals surface area contributed by atoms with Gasteiger partial charge in [0.05, 0.1) is 0 Å². The van der Waals surface area contributed by atoms with Gasteiger partial charge in [0.1, 0.15) is 11.6 Å². The van der Waals surface area contributed by atoms with E-state index in [1.54, 1.807) is 0 Å². The van der Waals surface area contributed by atoms with Crippen LogP contribution in [0.3, 0.4) is 0 Å². The normalized spacial score (nSPS) is 12.0. The quantitative estimate of drug-likeness (QED) is 0.724. The molecule has 1 amide bonds. The smallest absolute Gasteiger partial charge is 0.261 e. The summed E-state index contributed by atoms with van der Waals surface area (Å²) in [6.07, 6.45) is 2.63. The van der Waals surface area contributed by atoms with Crippen LogP contribution in [-0.2, 0) is 11.2 Å². The maximum atomic E-state index is 12.3. The molecule has 124 valence electrons. The van der Waals surface area contributed by atoms with Crippen LogP contribution < -0.4 is 10.1 Å². The zero-order valence-electron chi connectivity index (χ0n) is 13.6. The molecule has 24 heavy (non-hydrogen) atoms. The Balaban J connectivity index is 1.54. The summed E-state index contributed by atoms with van der Waals surface area (Å²) < 4.78 is 7.66. The lowest BCUT2D eigenvalue weighted by molar-refractivity contribution is -0.128. The van der Waals surface area contributed by atoms with Crippen molar-refractivity contribution in [2.24, 2.45) is 0 Å². The molecule has 1 N–H and O–H groups in total. The van der Waals surface area contributed by atoms with Crippen molar-refractivity contribution in [2.45, 2.75) is 25.9 Å². The molecule has 6 nitrogen and oxygen atoms in total. The van der Waals surface area contributed by atoms with E-state index in [1.807, 2.05) is 66.1 Å². The van der Waals surface area contributed by atoms with Gasteiger partial charge in [0.25, 0.3) is 5.91 Å². The Kier molecular flexibility index (Phi) is 5.05. The van der Waals surface area contributed by atoms with Gasteiger partial charge in [-0.2, -0.15) is 0 Å². The van der Waals surface area contributed by atoms with Gasteiger partial charge in [0.2, 0.25) is 0 Å². The van der Waals surface area contributed by atoms with Gasteiger partial charge in [-0.15, -0.1) is 10.2 Å². The first-order valence-electron chi connectivity index (χ1n) is 8.06. The highest BCUT2D eigenvalue weighted by Crippen LogP contribution is 2.12. The first kappa shape index (κ1) is 16.0. The average Bonchev–Trinajstić information content (AvgIpc) is 3.04. The maximum Gasteiger partial charge on any atom is 0.261 e. The fourth-order valence-corrected chi connectivity index (χ4v) is 2.46. The van der Waals surface area contributed by atoms with Gasteiger partial charge in [-0.3, -0.25) is 9.20 Å². The minimum atomic E-state index is -0.498. The number of benzene rings is 1. The number of amides is 1. The summed E-state index contributed by atoms with van der Waals surface area (Å²) in [7, 11) is 0. The number of carbonyl (C=O) groups is 1. The van der Waals surface area contributed by atoms with Crippen LogP contribution in [0.5, 0.6) is 5.75 Å². The fourth-order valence-electron chi connectivity index (χ4n) is 2.46. The van der Waals surface area contributed by atoms with E-state index >= 15 is 0 Å². The Morgan fingerprint density at radius 3 is 2.75 bits per heavy atom. The van der Waals surface area contributed by atoms with Crippen LogP contribution in [0.2, 0.25) is 0 Å². The van der Waals surface area contributed by atoms with E-state index in [1.165, 1.54) is 0 Å². The number of hydrogen-bond acceptors (Lipinski definition) is 4. The first-order chi connectivity index (χ1) is 11.8. The molecule has 0 aliphatic heterocycles. The molecular formula is C18H20N4O2. The van der Waals surface area contributed by atoms with Crippen molar-refractivity contribution in [3.63, 3.8) is 0 Å². The third kappa shape index (κ3) is 3.71. The van der Waals surface area contributed by atoms with E-state index in [9.17, 15) is 4.79 Å². The highest BCUT2D eigenvalue weighted by molar-refractivity contribution is 5.81. The van der Waals surface area contributed by atoms with Gasteiger partial charge in [0.15, 0.2) is 11.8 Å². The fraction of sp³-hybridized carbons (Fsp3) is 0.278. The molecule has 0 saturated carbocycles. The molecule has 1 aromatic carbocycles. The van der Waals surface area contributed by atoms with Gasteiger partial charge >= 0.3 is 0 Å². The lowest BCUT2D eigenvalue weighted by Gasteiger charge is -2.17. The number of pyridine rings is 1. The maximum absolute atomic E-state index is 12.3. The lowest BCUT2D eigenvalue weighted by atomic mass is 10.2. The third-order valence-electron chi connectivity index (χ3n) is 3.72. The molecule has 2 heterocycles. The number of hydrogen-bond donors (Lipinski definition) is 1. The molecule has 0 aliphatic rings. The molecule has 3 aromatic rings. The molecule has 0 fully saturated rings. The number of aromatic nitrogens is 3. The molecule has 6 heteroatoms. The second-order valence-electron chi connectivity index (χ2n) is 5.41. The average molecular weight is 324 g/mol. The minimum Gasteiger partial charge on any atom is -0.481 e. The largest absolute Gasteiger partial charge is 0.481 e. The summed E-state index contributed by atoms with van der Waals surface area (Å²) in [4.78, 5) is 12.3. The van der Waals surface area contributed by atoms with Crippen LogP contribution in [0.1, 0.15) is 19.2 Å². The van der Waals surface area contributed by atoms with Gasteiger partial charge in [-0.1, -0.05) is 31.2 Å². The Hall–Kier alpha value is -2.89. The van der Waals surface area contributed by atoms with Crippen LogP contribution in [0, 0.1) is 0 Å². The van der Waals surface area contributed by atoms with Gasteiger partial charge < -0.3 is 10.1 Å². The summed E-state index contributed by atoms with van der Waals surface area (Å²) in [5, 5.41) is 11.2. The zero-order valence-corrected chi connectivity index (χ0v) is 13.6. The van der Waals surface area contributed by atoms with Crippen molar-refractivity contribution < 1.29 is 9.53 Å². The van der Waals surface area contributed by atoms with E-state index in [-0.39, 0.29) is 5.91 Å². The highest BCUT2D eigenvalue weighted by atomic mass is 16.5. The Morgan fingerprint density at radius 2 is 1.96 bits per heavy atom. The molecule has 0 spiro atoms. The molecule has 0 unspecified atom stereocenters. The number of carbonyl (C=O) groups excluding carboxylic acids is 1. The van der Waals surface area contributed by atoms with Crippen LogP contribution in [-0.4, -0.2) is 33.2 Å². The predicted octanol–water partition coefficient (Wildman–Crippen LogP) is 2.25. The monoisotopic (exact) mass is 324 g/mol. The highest BCUT2D eigenvalue weighted by Gasteiger charge is 2.18. The van der Waals surface area contributed by atoms with Gasteiger partial charge in [-0.25, -0.2) is 0 Å². The molecule has 0 aliphatic carbocycles. The first-order valence-corrected chi connectivity index (χ1v) is 8.06. The number of nitrogens with one attached hydrogen (secondary N) is 1. The van der Waals surface area contributed by atoms with Crippen LogP contribution in [0.15, 0.2) is 54.7 Å². The van der Waals surface area contributed by atoms with Crippen molar-refractivity contribution in [1.29, 1.82) is 0 Å². The van der Waals surface area contributed by atoms with Crippen molar-refractivity contribution in [3.8, 4) is 5.75 Å². The van der Waals surface area contributed by atoms with Crippen LogP contribution >= 0.6 is 0 Å². The van der Waals surface area contributed by atoms with E-state index in [0.717, 1.165) is 11.5 Å². The summed E-state index contributed by atoms with van der Waals surface area (Å²) in [6.45, 7) is 2.42. The standard InChI is InChI=1S/C18H20N4O2/c1-2-15(24-14-8-4-3-5-9-14)18(23)19-12-11-17-21-20-16-10-6-7-13-22(16)17/h3-10,13,15H,2,11-12H2,1H3,(H,19,23)/t15-/m1/s1. The van der Waals surface area contributed by atoms with Crippen molar-refractivity contribution in [1.82, 2.24) is 19.9 Å². The van der Waals surface area contributed by atoms with Gasteiger partial charge in [-0.05, 0) is 30.7 Å². The number of para-hydroxylation sites is 1. The third-order valence-corrected chi connectivity index (χ3v) is 3.72. The molecule has 0 bridgehead atoms. The molecular weight excluding hydrogens is 304 g/mol. The minimum absolute atomic E-state index is 0.116. The molecule has 0 radical (unpaired) electrons. The van der Waals surface area contributed by atoms with E-state index in [0.29, 0.717) is 25.1 Å². The second-order valence-corrected chi connectivity index (χ2v) is 5.41. The Morgan fingerprint density at radius 1 is 1.17 bits per heavy atom. The van der Waals surface area contributed by atoms with Crippen molar-refractivity contribution in [3.05, 3.63) is 60.6 Å². The van der Waals surface area contributed by atoms with Crippen molar-refractivity contribution in [2.75, 3.05) is 6.54 Å². The topological polar surface area (TPSA) is 68.5 Å².